The van der Waals surface area contributed by atoms with Crippen LogP contribution in [0.1, 0.15) is 0 Å². The third-order valence-corrected chi connectivity index (χ3v) is 4.01. The zero-order valence-electron chi connectivity index (χ0n) is 5.84. The van der Waals surface area contributed by atoms with Crippen LogP contribution in [0.2, 0.25) is 5.02 Å². The van der Waals surface area contributed by atoms with Gasteiger partial charge in [-0.25, -0.2) is 0 Å². The first-order chi connectivity index (χ1) is 5.70. The Hall–Kier alpha value is -0.250. The molecule has 0 spiro atoms. The van der Waals surface area contributed by atoms with Crippen LogP contribution in [0.4, 0.5) is 0 Å². The molecule has 0 amide bonds. The van der Waals surface area contributed by atoms with Crippen molar-refractivity contribution in [2.45, 2.75) is 0 Å². The smallest absolute Gasteiger partial charge is 0.134 e. The number of hydrogen-bond acceptors (Lipinski definition) is 2. The summed E-state index contributed by atoms with van der Waals surface area (Å²) in [6.45, 7) is 0. The predicted molar refractivity (Wildman–Crippen MR) is 56.2 cm³/mol. The number of benzene rings is 1. The van der Waals surface area contributed by atoms with Gasteiger partial charge in [-0.1, -0.05) is 11.6 Å². The first-order valence-corrected chi connectivity index (χ1v) is 5.29. The molecule has 62 valence electrons. The van der Waals surface area contributed by atoms with E-state index in [1.165, 1.54) is 11.3 Å². The van der Waals surface area contributed by atoms with Crippen molar-refractivity contribution in [1.29, 1.82) is 0 Å². The van der Waals surface area contributed by atoms with Gasteiger partial charge in [0.25, 0.3) is 0 Å². The Labute approximate surface area is 86.7 Å². The number of thiophene rings is 1. The van der Waals surface area contributed by atoms with E-state index in [0.29, 0.717) is 10.8 Å². The highest BCUT2D eigenvalue weighted by Gasteiger charge is 2.07. The van der Waals surface area contributed by atoms with Crippen LogP contribution < -0.4 is 0 Å². The topological polar surface area (TPSA) is 20.2 Å². The molecule has 0 saturated heterocycles. The van der Waals surface area contributed by atoms with Crippen molar-refractivity contribution in [2.75, 3.05) is 0 Å². The Morgan fingerprint density at radius 2 is 2.17 bits per heavy atom. The third-order valence-electron chi connectivity index (χ3n) is 1.61. The molecule has 1 N–H and O–H groups in total. The molecule has 0 aliphatic heterocycles. The molecule has 0 aliphatic rings. The number of rotatable bonds is 0. The highest BCUT2D eigenvalue weighted by Crippen LogP contribution is 2.39. The molecule has 0 saturated carbocycles. The van der Waals surface area contributed by atoms with Gasteiger partial charge in [-0.2, -0.15) is 0 Å². The fourth-order valence-corrected chi connectivity index (χ4v) is 2.66. The SMILES string of the molecule is Oc1csc2c(Cl)c(Br)ccc12. The highest BCUT2D eigenvalue weighted by atomic mass is 79.9. The Morgan fingerprint density at radius 1 is 1.42 bits per heavy atom. The van der Waals surface area contributed by atoms with Gasteiger partial charge in [-0.05, 0) is 28.1 Å². The minimum absolute atomic E-state index is 0.296. The van der Waals surface area contributed by atoms with Crippen LogP contribution in [-0.4, -0.2) is 5.11 Å². The van der Waals surface area contributed by atoms with Crippen molar-refractivity contribution in [3.63, 3.8) is 0 Å². The minimum atomic E-state index is 0.296. The van der Waals surface area contributed by atoms with E-state index in [1.807, 2.05) is 12.1 Å². The monoisotopic (exact) mass is 262 g/mol. The molecule has 1 aromatic heterocycles. The number of hydrogen-bond donors (Lipinski definition) is 1. The molecule has 0 atom stereocenters. The Kier molecular flexibility index (Phi) is 2.02. The second kappa shape index (κ2) is 2.91. The van der Waals surface area contributed by atoms with Gasteiger partial charge in [0.1, 0.15) is 5.75 Å². The molecule has 0 fully saturated rings. The van der Waals surface area contributed by atoms with E-state index in [1.54, 1.807) is 5.38 Å². The van der Waals surface area contributed by atoms with Crippen LogP contribution in [0.15, 0.2) is 22.0 Å². The van der Waals surface area contributed by atoms with E-state index in [-0.39, 0.29) is 0 Å². The minimum Gasteiger partial charge on any atom is -0.506 e. The van der Waals surface area contributed by atoms with Gasteiger partial charge in [-0.15, -0.1) is 11.3 Å². The molecule has 0 unspecified atom stereocenters. The standard InChI is InChI=1S/C8H4BrClOS/c9-5-2-1-4-6(11)3-12-8(4)7(5)10/h1-3,11H. The average Bonchev–Trinajstić information content (AvgIpc) is 2.41. The number of aromatic hydroxyl groups is 1. The van der Waals surface area contributed by atoms with Gasteiger partial charge in [0.05, 0.1) is 9.72 Å². The van der Waals surface area contributed by atoms with E-state index in [9.17, 15) is 5.11 Å². The zero-order chi connectivity index (χ0) is 8.72. The fourth-order valence-electron chi connectivity index (χ4n) is 1.03. The Morgan fingerprint density at radius 3 is 2.92 bits per heavy atom. The summed E-state index contributed by atoms with van der Waals surface area (Å²) in [5.74, 6) is 0.296. The molecule has 0 radical (unpaired) electrons. The van der Waals surface area contributed by atoms with Crippen molar-refractivity contribution in [3.8, 4) is 5.75 Å². The second-order valence-electron chi connectivity index (χ2n) is 2.36. The predicted octanol–water partition coefficient (Wildman–Crippen LogP) is 4.02. The largest absolute Gasteiger partial charge is 0.506 e. The molecular weight excluding hydrogens is 260 g/mol. The molecule has 0 aliphatic carbocycles. The van der Waals surface area contributed by atoms with Crippen molar-refractivity contribution < 1.29 is 5.11 Å². The van der Waals surface area contributed by atoms with Crippen LogP contribution in [0, 0.1) is 0 Å². The summed E-state index contributed by atoms with van der Waals surface area (Å²) in [6, 6.07) is 3.67. The number of halogens is 2. The summed E-state index contributed by atoms with van der Waals surface area (Å²) in [5.41, 5.74) is 0. The summed E-state index contributed by atoms with van der Waals surface area (Å²) >= 11 is 10.8. The average molecular weight is 264 g/mol. The van der Waals surface area contributed by atoms with Gasteiger partial charge < -0.3 is 5.11 Å². The molecule has 1 heterocycles. The van der Waals surface area contributed by atoms with E-state index in [0.717, 1.165) is 14.6 Å². The lowest BCUT2D eigenvalue weighted by Gasteiger charge is -1.96. The normalized spacial score (nSPS) is 10.8. The first-order valence-electron chi connectivity index (χ1n) is 3.24. The Balaban J connectivity index is 2.93. The van der Waals surface area contributed by atoms with Gasteiger partial charge in [0.2, 0.25) is 0 Å². The molecule has 1 aromatic carbocycles. The van der Waals surface area contributed by atoms with Crippen molar-refractivity contribution in [3.05, 3.63) is 27.0 Å². The molecule has 0 bridgehead atoms. The quantitative estimate of drug-likeness (QED) is 0.761. The lowest BCUT2D eigenvalue weighted by molar-refractivity contribution is 0.483. The molecule has 4 heteroatoms. The first kappa shape index (κ1) is 8.35. The van der Waals surface area contributed by atoms with Gasteiger partial charge in [0.15, 0.2) is 0 Å². The molecule has 2 aromatic rings. The van der Waals surface area contributed by atoms with Gasteiger partial charge in [-0.3, -0.25) is 0 Å². The summed E-state index contributed by atoms with van der Waals surface area (Å²) in [7, 11) is 0. The maximum absolute atomic E-state index is 9.36. The number of fused-ring (bicyclic) bond motifs is 1. The van der Waals surface area contributed by atoms with E-state index in [4.69, 9.17) is 11.6 Å². The van der Waals surface area contributed by atoms with Gasteiger partial charge >= 0.3 is 0 Å². The molecule has 2 rings (SSSR count). The summed E-state index contributed by atoms with van der Waals surface area (Å²) in [6.07, 6.45) is 0. The maximum Gasteiger partial charge on any atom is 0.134 e. The molecular formula is C8H4BrClOS. The second-order valence-corrected chi connectivity index (χ2v) is 4.47. The van der Waals surface area contributed by atoms with Crippen LogP contribution in [-0.2, 0) is 0 Å². The molecule has 12 heavy (non-hydrogen) atoms. The fraction of sp³-hybridized carbons (Fsp3) is 0. The lowest BCUT2D eigenvalue weighted by atomic mass is 10.2. The zero-order valence-corrected chi connectivity index (χ0v) is 9.00. The van der Waals surface area contributed by atoms with Crippen LogP contribution in [0.3, 0.4) is 0 Å². The third kappa shape index (κ3) is 1.13. The summed E-state index contributed by atoms with van der Waals surface area (Å²) in [4.78, 5) is 0. The van der Waals surface area contributed by atoms with E-state index in [2.05, 4.69) is 15.9 Å². The highest BCUT2D eigenvalue weighted by molar-refractivity contribution is 9.10. The van der Waals surface area contributed by atoms with Crippen LogP contribution in [0.5, 0.6) is 5.75 Å². The van der Waals surface area contributed by atoms with Crippen LogP contribution >= 0.6 is 38.9 Å². The van der Waals surface area contributed by atoms with Crippen molar-refractivity contribution >= 4 is 49.0 Å². The molecule has 1 nitrogen and oxygen atoms in total. The Bertz CT molecular complexity index is 438. The maximum atomic E-state index is 9.36. The summed E-state index contributed by atoms with van der Waals surface area (Å²) in [5, 5.41) is 12.5. The lowest BCUT2D eigenvalue weighted by Crippen LogP contribution is -1.68. The van der Waals surface area contributed by atoms with Crippen molar-refractivity contribution in [2.24, 2.45) is 0 Å². The van der Waals surface area contributed by atoms with Crippen molar-refractivity contribution in [1.82, 2.24) is 0 Å². The van der Waals surface area contributed by atoms with Gasteiger partial charge in [0, 0.05) is 15.2 Å². The van der Waals surface area contributed by atoms with E-state index < -0.39 is 0 Å². The van der Waals surface area contributed by atoms with E-state index >= 15 is 0 Å². The summed E-state index contributed by atoms with van der Waals surface area (Å²) < 4.78 is 1.78. The van der Waals surface area contributed by atoms with Crippen LogP contribution in [0.25, 0.3) is 10.1 Å².